The lowest BCUT2D eigenvalue weighted by Gasteiger charge is -1.96. The Hall–Kier alpha value is -1.51. The Morgan fingerprint density at radius 2 is 2.09 bits per heavy atom. The van der Waals surface area contributed by atoms with Gasteiger partial charge in [-0.15, -0.1) is 0 Å². The summed E-state index contributed by atoms with van der Waals surface area (Å²) in [7, 11) is 0. The molecule has 0 saturated carbocycles. The molecule has 0 aromatic heterocycles. The zero-order valence-electron chi connectivity index (χ0n) is 5.86. The quantitative estimate of drug-likeness (QED) is 0.485. The van der Waals surface area contributed by atoms with Gasteiger partial charge >= 0.3 is 0 Å². The van der Waals surface area contributed by atoms with Gasteiger partial charge in [0.15, 0.2) is 0 Å². The number of nitroso groups, excluding NO2 is 1. The van der Waals surface area contributed by atoms with Crippen LogP contribution in [-0.2, 0) is 6.54 Å². The first-order valence-corrected chi connectivity index (χ1v) is 3.20. The monoisotopic (exact) mass is 149 g/mol. The van der Waals surface area contributed by atoms with Crippen LogP contribution < -0.4 is 0 Å². The van der Waals surface area contributed by atoms with Gasteiger partial charge in [-0.25, -0.2) is 0 Å². The first kappa shape index (κ1) is 7.60. The van der Waals surface area contributed by atoms with Gasteiger partial charge in [0.05, 0.1) is 0 Å². The topological polar surface area (TPSA) is 46.5 Å². The highest BCUT2D eigenvalue weighted by molar-refractivity contribution is 5.77. The van der Waals surface area contributed by atoms with Crippen molar-refractivity contribution in [2.75, 3.05) is 0 Å². The molecule has 0 fully saturated rings. The van der Waals surface area contributed by atoms with Gasteiger partial charge < -0.3 is 0 Å². The molecular formula is C8H7NO2. The zero-order chi connectivity index (χ0) is 8.10. The fourth-order valence-electron chi connectivity index (χ4n) is 0.863. The van der Waals surface area contributed by atoms with E-state index in [1.165, 1.54) is 0 Å². The molecule has 1 aromatic carbocycles. The number of rotatable bonds is 3. The Bertz CT molecular complexity index is 271. The molecule has 0 amide bonds. The molecule has 1 rings (SSSR count). The van der Waals surface area contributed by atoms with Gasteiger partial charge in [-0.2, -0.15) is 4.91 Å². The molecule has 3 nitrogen and oxygen atoms in total. The standard InChI is InChI=1S/C8H7NO2/c10-6-8-4-2-1-3-7(8)5-9-11/h1-4,6H,5H2. The second kappa shape index (κ2) is 3.61. The van der Waals surface area contributed by atoms with Crippen molar-refractivity contribution in [3.8, 4) is 0 Å². The summed E-state index contributed by atoms with van der Waals surface area (Å²) in [5, 5.41) is 2.71. The van der Waals surface area contributed by atoms with Crippen LogP contribution >= 0.6 is 0 Å². The highest BCUT2D eigenvalue weighted by Crippen LogP contribution is 2.06. The van der Waals surface area contributed by atoms with Crippen molar-refractivity contribution in [2.24, 2.45) is 5.18 Å². The van der Waals surface area contributed by atoms with Crippen LogP contribution in [-0.4, -0.2) is 6.29 Å². The predicted octanol–water partition coefficient (Wildman–Crippen LogP) is 1.77. The maximum atomic E-state index is 10.4. The molecule has 56 valence electrons. The maximum Gasteiger partial charge on any atom is 0.150 e. The highest BCUT2D eigenvalue weighted by atomic mass is 16.3. The van der Waals surface area contributed by atoms with E-state index < -0.39 is 0 Å². The SMILES string of the molecule is O=Cc1ccccc1CN=O. The normalized spacial score (nSPS) is 9.09. The molecule has 0 bridgehead atoms. The summed E-state index contributed by atoms with van der Waals surface area (Å²) >= 11 is 0. The fraction of sp³-hybridized carbons (Fsp3) is 0.125. The molecule has 11 heavy (non-hydrogen) atoms. The summed E-state index contributed by atoms with van der Waals surface area (Å²) in [4.78, 5) is 20.2. The smallest absolute Gasteiger partial charge is 0.150 e. The van der Waals surface area contributed by atoms with Crippen molar-refractivity contribution in [1.29, 1.82) is 0 Å². The van der Waals surface area contributed by atoms with Gasteiger partial charge in [0.25, 0.3) is 0 Å². The number of carbonyl (C=O) groups is 1. The fourth-order valence-corrected chi connectivity index (χ4v) is 0.863. The van der Waals surface area contributed by atoms with Crippen LogP contribution in [0.15, 0.2) is 29.4 Å². The van der Waals surface area contributed by atoms with E-state index in [1.807, 2.05) is 0 Å². The second-order valence-electron chi connectivity index (χ2n) is 2.10. The van der Waals surface area contributed by atoms with E-state index in [-0.39, 0.29) is 6.54 Å². The number of aldehydes is 1. The summed E-state index contributed by atoms with van der Waals surface area (Å²) in [6.07, 6.45) is 0.723. The van der Waals surface area contributed by atoms with Crippen molar-refractivity contribution in [3.05, 3.63) is 40.3 Å². The average Bonchev–Trinajstić information content (AvgIpc) is 2.06. The van der Waals surface area contributed by atoms with Gasteiger partial charge in [0, 0.05) is 5.56 Å². The summed E-state index contributed by atoms with van der Waals surface area (Å²) in [5.74, 6) is 0. The van der Waals surface area contributed by atoms with E-state index in [0.29, 0.717) is 11.1 Å². The van der Waals surface area contributed by atoms with Crippen LogP contribution in [0.25, 0.3) is 0 Å². The summed E-state index contributed by atoms with van der Waals surface area (Å²) in [6, 6.07) is 6.89. The number of nitrogens with zero attached hydrogens (tertiary/aromatic N) is 1. The summed E-state index contributed by atoms with van der Waals surface area (Å²) in [6.45, 7) is 0.0644. The third-order valence-electron chi connectivity index (χ3n) is 1.42. The molecule has 0 heterocycles. The molecular weight excluding hydrogens is 142 g/mol. The van der Waals surface area contributed by atoms with Gasteiger partial charge in [-0.1, -0.05) is 29.4 Å². The lowest BCUT2D eigenvalue weighted by atomic mass is 10.1. The van der Waals surface area contributed by atoms with Crippen molar-refractivity contribution in [1.82, 2.24) is 0 Å². The van der Waals surface area contributed by atoms with Crippen molar-refractivity contribution < 1.29 is 4.79 Å². The minimum absolute atomic E-state index is 0.0644. The number of hydrogen-bond acceptors (Lipinski definition) is 3. The van der Waals surface area contributed by atoms with Crippen molar-refractivity contribution in [2.45, 2.75) is 6.54 Å². The highest BCUT2D eigenvalue weighted by Gasteiger charge is 1.97. The number of benzene rings is 1. The third kappa shape index (κ3) is 1.70. The first-order chi connectivity index (χ1) is 5.38. The molecule has 0 atom stereocenters. The molecule has 0 N–H and O–H groups in total. The summed E-state index contributed by atoms with van der Waals surface area (Å²) < 4.78 is 0. The van der Waals surface area contributed by atoms with Gasteiger partial charge in [0.1, 0.15) is 12.8 Å². The van der Waals surface area contributed by atoms with Gasteiger partial charge in [0.2, 0.25) is 0 Å². The van der Waals surface area contributed by atoms with E-state index in [4.69, 9.17) is 0 Å². The number of carbonyl (C=O) groups excluding carboxylic acids is 1. The second-order valence-corrected chi connectivity index (χ2v) is 2.10. The first-order valence-electron chi connectivity index (χ1n) is 3.20. The van der Waals surface area contributed by atoms with Gasteiger partial charge in [-0.05, 0) is 5.56 Å². The maximum absolute atomic E-state index is 10.4. The van der Waals surface area contributed by atoms with E-state index in [9.17, 15) is 9.70 Å². The van der Waals surface area contributed by atoms with E-state index in [0.717, 1.165) is 6.29 Å². The average molecular weight is 149 g/mol. The third-order valence-corrected chi connectivity index (χ3v) is 1.42. The summed E-state index contributed by atoms with van der Waals surface area (Å²) in [5.41, 5.74) is 1.21. The molecule has 0 saturated heterocycles. The number of hydrogen-bond donors (Lipinski definition) is 0. The predicted molar refractivity (Wildman–Crippen MR) is 41.3 cm³/mol. The van der Waals surface area contributed by atoms with E-state index in [1.54, 1.807) is 24.3 Å². The van der Waals surface area contributed by atoms with Crippen LogP contribution in [0.1, 0.15) is 15.9 Å². The molecule has 1 aromatic rings. The minimum atomic E-state index is 0.0644. The molecule has 0 aliphatic rings. The Morgan fingerprint density at radius 3 is 2.73 bits per heavy atom. The molecule has 3 heteroatoms. The van der Waals surface area contributed by atoms with Gasteiger partial charge in [-0.3, -0.25) is 4.79 Å². The molecule has 0 aliphatic heterocycles. The largest absolute Gasteiger partial charge is 0.298 e. The van der Waals surface area contributed by atoms with Crippen molar-refractivity contribution >= 4 is 6.29 Å². The van der Waals surface area contributed by atoms with Crippen LogP contribution in [0.5, 0.6) is 0 Å². The Kier molecular flexibility index (Phi) is 2.49. The van der Waals surface area contributed by atoms with Crippen LogP contribution in [0.3, 0.4) is 0 Å². The van der Waals surface area contributed by atoms with Crippen LogP contribution in [0.4, 0.5) is 0 Å². The lowest BCUT2D eigenvalue weighted by Crippen LogP contribution is -1.88. The Balaban J connectivity index is 3.01. The molecule has 0 spiro atoms. The minimum Gasteiger partial charge on any atom is -0.298 e. The van der Waals surface area contributed by atoms with Crippen LogP contribution in [0.2, 0.25) is 0 Å². The van der Waals surface area contributed by atoms with E-state index >= 15 is 0 Å². The lowest BCUT2D eigenvalue weighted by molar-refractivity contribution is 0.112. The van der Waals surface area contributed by atoms with Crippen LogP contribution in [0, 0.1) is 4.91 Å². The van der Waals surface area contributed by atoms with E-state index in [2.05, 4.69) is 5.18 Å². The molecule has 0 aliphatic carbocycles. The van der Waals surface area contributed by atoms with Crippen molar-refractivity contribution in [3.63, 3.8) is 0 Å². The Labute approximate surface area is 64.0 Å². The molecule has 0 unspecified atom stereocenters. The molecule has 0 radical (unpaired) electrons. The Morgan fingerprint density at radius 1 is 1.36 bits per heavy atom. The zero-order valence-corrected chi connectivity index (χ0v) is 5.86.